The van der Waals surface area contributed by atoms with E-state index in [0.29, 0.717) is 0 Å². The first-order valence-corrected chi connectivity index (χ1v) is 3.74. The second-order valence-electron chi connectivity index (χ2n) is 2.68. The summed E-state index contributed by atoms with van der Waals surface area (Å²) >= 11 is 0. The first-order chi connectivity index (χ1) is 5.65. The average molecular weight is 169 g/mol. The number of rotatable bonds is 2. The standard InChI is InChI=1S/C9H12FNO/c1-6(11)7-3-4-9(12-2)8(10)5-7/h3-6H,11H2,1-2H3. The van der Waals surface area contributed by atoms with Crippen molar-refractivity contribution in [3.05, 3.63) is 29.6 Å². The number of methoxy groups -OCH3 is 1. The summed E-state index contributed by atoms with van der Waals surface area (Å²) in [4.78, 5) is 0. The molecule has 0 aromatic heterocycles. The van der Waals surface area contributed by atoms with Gasteiger partial charge in [0.2, 0.25) is 0 Å². The van der Waals surface area contributed by atoms with Gasteiger partial charge in [-0.15, -0.1) is 0 Å². The summed E-state index contributed by atoms with van der Waals surface area (Å²) in [6.07, 6.45) is 0. The molecular weight excluding hydrogens is 157 g/mol. The van der Waals surface area contributed by atoms with E-state index < -0.39 is 0 Å². The zero-order valence-corrected chi connectivity index (χ0v) is 7.17. The Hall–Kier alpha value is -1.09. The smallest absolute Gasteiger partial charge is 0.165 e. The van der Waals surface area contributed by atoms with Gasteiger partial charge in [-0.05, 0) is 24.6 Å². The molecule has 1 atom stereocenters. The van der Waals surface area contributed by atoms with Crippen molar-refractivity contribution in [1.82, 2.24) is 0 Å². The molecule has 0 radical (unpaired) electrons. The molecule has 66 valence electrons. The van der Waals surface area contributed by atoms with Gasteiger partial charge in [0.1, 0.15) is 0 Å². The van der Waals surface area contributed by atoms with Crippen molar-refractivity contribution in [1.29, 1.82) is 0 Å². The molecule has 0 saturated heterocycles. The second-order valence-corrected chi connectivity index (χ2v) is 2.68. The molecule has 0 aliphatic carbocycles. The number of halogens is 1. The van der Waals surface area contributed by atoms with E-state index in [9.17, 15) is 4.39 Å². The van der Waals surface area contributed by atoms with Crippen molar-refractivity contribution in [3.8, 4) is 5.75 Å². The lowest BCUT2D eigenvalue weighted by Gasteiger charge is -2.07. The molecule has 0 aliphatic rings. The van der Waals surface area contributed by atoms with Gasteiger partial charge in [0.05, 0.1) is 7.11 Å². The van der Waals surface area contributed by atoms with Crippen LogP contribution in [0.2, 0.25) is 0 Å². The van der Waals surface area contributed by atoms with Gasteiger partial charge < -0.3 is 10.5 Å². The Labute approximate surface area is 71.1 Å². The molecule has 0 fully saturated rings. The van der Waals surface area contributed by atoms with E-state index in [2.05, 4.69) is 0 Å². The highest BCUT2D eigenvalue weighted by Gasteiger charge is 2.05. The molecular formula is C9H12FNO. The minimum atomic E-state index is -0.368. The van der Waals surface area contributed by atoms with Crippen LogP contribution < -0.4 is 10.5 Å². The van der Waals surface area contributed by atoms with Crippen molar-refractivity contribution in [2.45, 2.75) is 13.0 Å². The Kier molecular flexibility index (Phi) is 2.65. The molecule has 12 heavy (non-hydrogen) atoms. The Morgan fingerprint density at radius 2 is 2.17 bits per heavy atom. The van der Waals surface area contributed by atoms with Crippen molar-refractivity contribution >= 4 is 0 Å². The minimum absolute atomic E-state index is 0.148. The topological polar surface area (TPSA) is 35.2 Å². The molecule has 0 bridgehead atoms. The maximum absolute atomic E-state index is 13.0. The van der Waals surface area contributed by atoms with Crippen LogP contribution in [0.3, 0.4) is 0 Å². The third-order valence-corrected chi connectivity index (χ3v) is 1.70. The van der Waals surface area contributed by atoms with Crippen LogP contribution in [-0.4, -0.2) is 7.11 Å². The number of hydrogen-bond donors (Lipinski definition) is 1. The molecule has 0 aliphatic heterocycles. The number of nitrogens with two attached hydrogens (primary N) is 1. The fourth-order valence-electron chi connectivity index (χ4n) is 0.966. The van der Waals surface area contributed by atoms with E-state index in [-0.39, 0.29) is 17.6 Å². The molecule has 0 amide bonds. The van der Waals surface area contributed by atoms with Crippen LogP contribution in [0.1, 0.15) is 18.5 Å². The summed E-state index contributed by atoms with van der Waals surface area (Å²) < 4.78 is 17.8. The first kappa shape index (κ1) is 9.00. The lowest BCUT2D eigenvalue weighted by Crippen LogP contribution is -2.05. The molecule has 1 unspecified atom stereocenters. The molecule has 0 saturated carbocycles. The van der Waals surface area contributed by atoms with E-state index in [1.54, 1.807) is 19.1 Å². The lowest BCUT2D eigenvalue weighted by atomic mass is 10.1. The highest BCUT2D eigenvalue weighted by molar-refractivity contribution is 5.30. The Morgan fingerprint density at radius 3 is 2.58 bits per heavy atom. The van der Waals surface area contributed by atoms with Crippen LogP contribution in [0.15, 0.2) is 18.2 Å². The second kappa shape index (κ2) is 3.54. The molecule has 3 heteroatoms. The molecule has 1 aromatic carbocycles. The van der Waals surface area contributed by atoms with Gasteiger partial charge in [-0.3, -0.25) is 0 Å². The Morgan fingerprint density at radius 1 is 1.50 bits per heavy atom. The van der Waals surface area contributed by atoms with Gasteiger partial charge in [-0.25, -0.2) is 4.39 Å². The molecule has 2 N–H and O–H groups in total. The number of ether oxygens (including phenoxy) is 1. The van der Waals surface area contributed by atoms with Crippen molar-refractivity contribution < 1.29 is 9.13 Å². The lowest BCUT2D eigenvalue weighted by molar-refractivity contribution is 0.386. The van der Waals surface area contributed by atoms with Gasteiger partial charge in [0.15, 0.2) is 11.6 Å². The molecule has 1 aromatic rings. The third kappa shape index (κ3) is 1.74. The van der Waals surface area contributed by atoms with Gasteiger partial charge in [-0.2, -0.15) is 0 Å². The van der Waals surface area contributed by atoms with E-state index in [4.69, 9.17) is 10.5 Å². The maximum atomic E-state index is 13.0. The average Bonchev–Trinajstić information content (AvgIpc) is 2.04. The van der Waals surface area contributed by atoms with Gasteiger partial charge in [0.25, 0.3) is 0 Å². The summed E-state index contributed by atoms with van der Waals surface area (Å²) in [5.74, 6) is -0.119. The summed E-state index contributed by atoms with van der Waals surface area (Å²) in [6.45, 7) is 1.81. The molecule has 2 nitrogen and oxygen atoms in total. The Balaban J connectivity index is 3.02. The monoisotopic (exact) mass is 169 g/mol. The maximum Gasteiger partial charge on any atom is 0.165 e. The summed E-state index contributed by atoms with van der Waals surface area (Å²) in [7, 11) is 1.43. The fraction of sp³-hybridized carbons (Fsp3) is 0.333. The first-order valence-electron chi connectivity index (χ1n) is 3.74. The zero-order chi connectivity index (χ0) is 9.14. The van der Waals surface area contributed by atoms with Crippen LogP contribution in [-0.2, 0) is 0 Å². The van der Waals surface area contributed by atoms with Gasteiger partial charge in [0, 0.05) is 6.04 Å². The normalized spacial score (nSPS) is 12.7. The summed E-state index contributed by atoms with van der Waals surface area (Å²) in [5, 5.41) is 0. The predicted molar refractivity (Wildman–Crippen MR) is 45.6 cm³/mol. The van der Waals surface area contributed by atoms with Crippen LogP contribution in [0.5, 0.6) is 5.75 Å². The predicted octanol–water partition coefficient (Wildman–Crippen LogP) is 1.85. The molecule has 1 rings (SSSR count). The highest BCUT2D eigenvalue weighted by Crippen LogP contribution is 2.20. The van der Waals surface area contributed by atoms with E-state index >= 15 is 0 Å². The van der Waals surface area contributed by atoms with Crippen LogP contribution in [0, 0.1) is 5.82 Å². The van der Waals surface area contributed by atoms with Crippen LogP contribution >= 0.6 is 0 Å². The van der Waals surface area contributed by atoms with Gasteiger partial charge >= 0.3 is 0 Å². The number of benzene rings is 1. The zero-order valence-electron chi connectivity index (χ0n) is 7.17. The number of hydrogen-bond acceptors (Lipinski definition) is 2. The summed E-state index contributed by atoms with van der Waals surface area (Å²) in [5.41, 5.74) is 6.34. The van der Waals surface area contributed by atoms with E-state index in [1.807, 2.05) is 0 Å². The van der Waals surface area contributed by atoms with Crippen LogP contribution in [0.4, 0.5) is 4.39 Å². The van der Waals surface area contributed by atoms with Crippen molar-refractivity contribution in [2.24, 2.45) is 5.73 Å². The quantitative estimate of drug-likeness (QED) is 0.733. The third-order valence-electron chi connectivity index (χ3n) is 1.70. The van der Waals surface area contributed by atoms with Crippen molar-refractivity contribution in [3.63, 3.8) is 0 Å². The molecule has 0 spiro atoms. The summed E-state index contributed by atoms with van der Waals surface area (Å²) in [6, 6.07) is 4.58. The van der Waals surface area contributed by atoms with E-state index in [0.717, 1.165) is 5.56 Å². The SMILES string of the molecule is COc1ccc(C(C)N)cc1F. The highest BCUT2D eigenvalue weighted by atomic mass is 19.1. The van der Waals surface area contributed by atoms with Crippen molar-refractivity contribution in [2.75, 3.05) is 7.11 Å². The largest absolute Gasteiger partial charge is 0.494 e. The van der Waals surface area contributed by atoms with Gasteiger partial charge in [-0.1, -0.05) is 6.07 Å². The Bertz CT molecular complexity index is 273. The fourth-order valence-corrected chi connectivity index (χ4v) is 0.966. The minimum Gasteiger partial charge on any atom is -0.494 e. The van der Waals surface area contributed by atoms with E-state index in [1.165, 1.54) is 13.2 Å². The van der Waals surface area contributed by atoms with Crippen LogP contribution in [0.25, 0.3) is 0 Å². The molecule has 0 heterocycles.